The van der Waals surface area contributed by atoms with Crippen LogP contribution >= 0.6 is 0 Å². The van der Waals surface area contributed by atoms with Gasteiger partial charge in [0.05, 0.1) is 11.2 Å². The summed E-state index contributed by atoms with van der Waals surface area (Å²) in [5, 5.41) is 11.5. The lowest BCUT2D eigenvalue weighted by molar-refractivity contribution is -0.128. The molecule has 0 aliphatic rings. The second kappa shape index (κ2) is 9.74. The number of nitrogens with one attached hydrogen (secondary N) is 1. The van der Waals surface area contributed by atoms with Gasteiger partial charge in [0.1, 0.15) is 12.1 Å². The molecule has 0 radical (unpaired) electrons. The number of hydrogen-bond donors (Lipinski definition) is 1. The van der Waals surface area contributed by atoms with Gasteiger partial charge in [-0.15, -0.1) is 5.10 Å². The minimum Gasteiger partial charge on any atom is -0.352 e. The molecule has 35 heavy (non-hydrogen) atoms. The number of hydrogen-bond acceptors (Lipinski definition) is 4. The first-order valence-corrected chi connectivity index (χ1v) is 11.8. The summed E-state index contributed by atoms with van der Waals surface area (Å²) in [6.45, 7) is 7.90. The third kappa shape index (κ3) is 5.11. The Labute approximate surface area is 205 Å². The number of nitrogens with zero attached hydrogens (tertiary/aromatic N) is 5. The van der Waals surface area contributed by atoms with Crippen LogP contribution in [0.1, 0.15) is 44.5 Å². The smallest absolute Gasteiger partial charge is 0.249 e. The van der Waals surface area contributed by atoms with Gasteiger partial charge in [0, 0.05) is 24.5 Å². The van der Waals surface area contributed by atoms with Crippen LogP contribution in [-0.2, 0) is 23.2 Å². The van der Waals surface area contributed by atoms with E-state index in [1.165, 1.54) is 0 Å². The monoisotopic (exact) mass is 472 g/mol. The first-order chi connectivity index (χ1) is 16.7. The number of anilines is 1. The van der Waals surface area contributed by atoms with E-state index in [-0.39, 0.29) is 18.4 Å². The first-order valence-electron chi connectivity index (χ1n) is 11.8. The Morgan fingerprint density at radius 1 is 1.09 bits per heavy atom. The third-order valence-electron chi connectivity index (χ3n) is 6.37. The highest BCUT2D eigenvalue weighted by atomic mass is 16.2. The zero-order valence-electron chi connectivity index (χ0n) is 20.9. The fourth-order valence-electron chi connectivity index (χ4n) is 4.09. The Kier molecular flexibility index (Phi) is 6.73. The molecule has 0 aliphatic carbocycles. The number of benzene rings is 2. The summed E-state index contributed by atoms with van der Waals surface area (Å²) < 4.78 is 3.46. The Bertz CT molecular complexity index is 1350. The average Bonchev–Trinajstić information content (AvgIpc) is 3.43. The summed E-state index contributed by atoms with van der Waals surface area (Å²) in [7, 11) is 1.88. The number of aromatic nitrogens is 4. The zero-order chi connectivity index (χ0) is 25.2. The average molecular weight is 473 g/mol. The lowest BCUT2D eigenvalue weighted by Gasteiger charge is -2.34. The number of carbonyl (C=O) groups excluding carboxylic acids is 2. The highest BCUT2D eigenvalue weighted by Crippen LogP contribution is 2.30. The molecule has 0 saturated carbocycles. The van der Waals surface area contributed by atoms with Crippen molar-refractivity contribution >= 4 is 28.5 Å². The SMILES string of the molecule is CCC(C)(C)NC(=O)C(c1cccn1C)N(C(=O)Cn1nnc2ccccc21)c1cccc(C)c1. The summed E-state index contributed by atoms with van der Waals surface area (Å²) in [5.41, 5.74) is 3.40. The molecule has 2 aromatic heterocycles. The van der Waals surface area contributed by atoms with Gasteiger partial charge in [0.2, 0.25) is 11.8 Å². The van der Waals surface area contributed by atoms with Gasteiger partial charge in [-0.05, 0) is 69.2 Å². The summed E-state index contributed by atoms with van der Waals surface area (Å²) >= 11 is 0. The van der Waals surface area contributed by atoms with Crippen molar-refractivity contribution in [1.82, 2.24) is 24.9 Å². The molecule has 0 aliphatic heterocycles. The van der Waals surface area contributed by atoms with Crippen molar-refractivity contribution in [3.8, 4) is 0 Å². The fourth-order valence-corrected chi connectivity index (χ4v) is 4.09. The van der Waals surface area contributed by atoms with Gasteiger partial charge in [0.25, 0.3) is 0 Å². The molecule has 0 spiro atoms. The standard InChI is InChI=1S/C27H32N6O2/c1-6-27(3,4)28-26(35)25(23-15-10-16-31(23)5)33(20-12-9-11-19(2)17-20)24(34)18-32-22-14-8-7-13-21(22)29-30-32/h7-17,25H,6,18H2,1-5H3,(H,28,35). The molecule has 8 nitrogen and oxygen atoms in total. The largest absolute Gasteiger partial charge is 0.352 e. The van der Waals surface area contributed by atoms with Gasteiger partial charge in [-0.25, -0.2) is 4.68 Å². The van der Waals surface area contributed by atoms with E-state index >= 15 is 0 Å². The van der Waals surface area contributed by atoms with Crippen LogP contribution in [0.3, 0.4) is 0 Å². The van der Waals surface area contributed by atoms with E-state index in [9.17, 15) is 9.59 Å². The van der Waals surface area contributed by atoms with Crippen LogP contribution in [0.4, 0.5) is 5.69 Å². The predicted molar refractivity (Wildman–Crippen MR) is 137 cm³/mol. The maximum absolute atomic E-state index is 14.0. The number of para-hydroxylation sites is 1. The maximum Gasteiger partial charge on any atom is 0.249 e. The second-order valence-electron chi connectivity index (χ2n) is 9.51. The van der Waals surface area contributed by atoms with Crippen LogP contribution < -0.4 is 10.2 Å². The molecule has 0 fully saturated rings. The van der Waals surface area contributed by atoms with Gasteiger partial charge >= 0.3 is 0 Å². The maximum atomic E-state index is 14.0. The molecule has 4 aromatic rings. The molecule has 4 rings (SSSR count). The number of carbonyl (C=O) groups is 2. The van der Waals surface area contributed by atoms with Gasteiger partial charge in [0.15, 0.2) is 6.04 Å². The summed E-state index contributed by atoms with van der Waals surface area (Å²) in [4.78, 5) is 29.4. The van der Waals surface area contributed by atoms with Crippen LogP contribution in [0.2, 0.25) is 0 Å². The predicted octanol–water partition coefficient (Wildman–Crippen LogP) is 4.16. The van der Waals surface area contributed by atoms with Crippen molar-refractivity contribution in [3.63, 3.8) is 0 Å². The Morgan fingerprint density at radius 3 is 2.54 bits per heavy atom. The van der Waals surface area contributed by atoms with Crippen LogP contribution in [0, 0.1) is 6.92 Å². The van der Waals surface area contributed by atoms with E-state index in [2.05, 4.69) is 15.6 Å². The number of rotatable bonds is 8. The van der Waals surface area contributed by atoms with E-state index in [0.29, 0.717) is 16.9 Å². The zero-order valence-corrected chi connectivity index (χ0v) is 20.9. The third-order valence-corrected chi connectivity index (χ3v) is 6.37. The normalized spacial score (nSPS) is 12.5. The molecule has 2 amide bonds. The second-order valence-corrected chi connectivity index (χ2v) is 9.51. The van der Waals surface area contributed by atoms with Gasteiger partial charge in [-0.2, -0.15) is 0 Å². The van der Waals surface area contributed by atoms with E-state index in [0.717, 1.165) is 17.5 Å². The van der Waals surface area contributed by atoms with Crippen LogP contribution in [0.5, 0.6) is 0 Å². The minimum atomic E-state index is -0.870. The van der Waals surface area contributed by atoms with Crippen LogP contribution in [-0.4, -0.2) is 36.9 Å². The molecule has 0 bridgehead atoms. The van der Waals surface area contributed by atoms with Crippen molar-refractivity contribution in [2.45, 2.75) is 52.2 Å². The van der Waals surface area contributed by atoms with Crippen molar-refractivity contribution in [2.75, 3.05) is 4.90 Å². The quantitative estimate of drug-likeness (QED) is 0.417. The molecule has 0 saturated heterocycles. The summed E-state index contributed by atoms with van der Waals surface area (Å²) in [6.07, 6.45) is 2.63. The van der Waals surface area contributed by atoms with Crippen LogP contribution in [0.15, 0.2) is 66.9 Å². The van der Waals surface area contributed by atoms with Crippen molar-refractivity contribution in [1.29, 1.82) is 0 Å². The number of fused-ring (bicyclic) bond motifs is 1. The first kappa shape index (κ1) is 24.2. The van der Waals surface area contributed by atoms with E-state index in [1.807, 2.05) is 106 Å². The molecular weight excluding hydrogens is 440 g/mol. The van der Waals surface area contributed by atoms with E-state index in [4.69, 9.17) is 0 Å². The molecule has 182 valence electrons. The van der Waals surface area contributed by atoms with Crippen molar-refractivity contribution < 1.29 is 9.59 Å². The molecule has 2 heterocycles. The highest BCUT2D eigenvalue weighted by molar-refractivity contribution is 6.01. The van der Waals surface area contributed by atoms with Gasteiger partial charge in [-0.3, -0.25) is 14.5 Å². The van der Waals surface area contributed by atoms with Crippen LogP contribution in [0.25, 0.3) is 11.0 Å². The lowest BCUT2D eigenvalue weighted by atomic mass is 10.00. The van der Waals surface area contributed by atoms with Crippen molar-refractivity contribution in [3.05, 3.63) is 78.1 Å². The number of amides is 2. The molecule has 8 heteroatoms. The van der Waals surface area contributed by atoms with Gasteiger partial charge < -0.3 is 9.88 Å². The van der Waals surface area contributed by atoms with Gasteiger partial charge in [-0.1, -0.05) is 36.4 Å². The summed E-state index contributed by atoms with van der Waals surface area (Å²) in [6, 6.07) is 18.0. The molecule has 1 atom stereocenters. The summed E-state index contributed by atoms with van der Waals surface area (Å²) in [5.74, 6) is -0.501. The Morgan fingerprint density at radius 2 is 1.86 bits per heavy atom. The van der Waals surface area contributed by atoms with E-state index in [1.54, 1.807) is 9.58 Å². The molecule has 1 unspecified atom stereocenters. The topological polar surface area (TPSA) is 85.0 Å². The highest BCUT2D eigenvalue weighted by Gasteiger charge is 2.36. The molecule has 1 N–H and O–H groups in total. The minimum absolute atomic E-state index is 0.0557. The van der Waals surface area contributed by atoms with Crippen molar-refractivity contribution in [2.24, 2.45) is 7.05 Å². The number of aryl methyl sites for hydroxylation is 2. The lowest BCUT2D eigenvalue weighted by Crippen LogP contribution is -2.51. The Hall–Kier alpha value is -3.94. The Balaban J connectivity index is 1.81. The van der Waals surface area contributed by atoms with E-state index < -0.39 is 11.6 Å². The fraction of sp³-hybridized carbons (Fsp3) is 0.333. The molecular formula is C27H32N6O2. The molecule has 2 aromatic carbocycles.